The molecular formula is C38H64O8. The molecule has 0 spiro atoms. The van der Waals surface area contributed by atoms with Gasteiger partial charge >= 0.3 is 0 Å². The minimum Gasteiger partial charge on any atom is -0.396 e. The number of hydrogen-bond acceptors (Lipinski definition) is 8. The van der Waals surface area contributed by atoms with Gasteiger partial charge in [0.2, 0.25) is 0 Å². The average molecular weight is 649 g/mol. The molecule has 0 saturated heterocycles. The Balaban J connectivity index is 0.000000489. The third kappa shape index (κ3) is 18.5. The van der Waals surface area contributed by atoms with Crippen LogP contribution in [0.5, 0.6) is 0 Å². The molecule has 0 aliphatic heterocycles. The van der Waals surface area contributed by atoms with Crippen molar-refractivity contribution in [3.8, 4) is 0 Å². The van der Waals surface area contributed by atoms with Crippen molar-refractivity contribution in [1.82, 2.24) is 0 Å². The highest BCUT2D eigenvalue weighted by Crippen LogP contribution is 2.21. The molecule has 0 aromatic heterocycles. The highest BCUT2D eigenvalue weighted by atomic mass is 16.7. The molecule has 0 aliphatic rings. The van der Waals surface area contributed by atoms with Crippen molar-refractivity contribution in [2.24, 2.45) is 23.7 Å². The van der Waals surface area contributed by atoms with E-state index in [4.69, 9.17) is 23.7 Å². The molecule has 2 rings (SSSR count). The summed E-state index contributed by atoms with van der Waals surface area (Å²) in [6, 6.07) is 20.2. The van der Waals surface area contributed by atoms with Gasteiger partial charge in [0, 0.05) is 44.9 Å². The lowest BCUT2D eigenvalue weighted by atomic mass is 9.91. The first kappa shape index (κ1) is 42.1. The van der Waals surface area contributed by atoms with Gasteiger partial charge in [-0.15, -0.1) is 0 Å². The zero-order chi connectivity index (χ0) is 34.3. The Kier molecular flexibility index (Phi) is 23.1. The molecule has 0 aliphatic carbocycles. The molecule has 0 saturated carbocycles. The van der Waals surface area contributed by atoms with Crippen LogP contribution < -0.4 is 0 Å². The summed E-state index contributed by atoms with van der Waals surface area (Å²) in [6.45, 7) is 19.0. The first-order valence-corrected chi connectivity index (χ1v) is 17.1. The van der Waals surface area contributed by atoms with Gasteiger partial charge in [0.25, 0.3) is 0 Å². The molecule has 8 heteroatoms. The number of benzene rings is 2. The predicted octanol–water partition coefficient (Wildman–Crippen LogP) is 5.94. The van der Waals surface area contributed by atoms with E-state index in [1.165, 1.54) is 5.56 Å². The maximum absolute atomic E-state index is 10.3. The van der Waals surface area contributed by atoms with Crippen molar-refractivity contribution in [2.45, 2.75) is 98.9 Å². The first-order chi connectivity index (χ1) is 22.0. The fourth-order valence-corrected chi connectivity index (χ4v) is 5.17. The standard InChI is InChI=1S/C22H38O5.C16H26O3/c1-6-25-21(26-7-2)16-24-15-20(13-19-11-9-8-10-12-19)22(18(5)23)27-14-17(3)4;1-12(2)11-19-16(13(3)18)15(10-17)9-14-7-5-4-6-8-14/h8-12,17-18,20-23H,6-7,13-16H2,1-5H3;4-8,12-13,15-18H,9-11H2,1-3H3/t18-,20-,22-;13-,15-,16-/m00/s1. The van der Waals surface area contributed by atoms with Crippen LogP contribution in [-0.2, 0) is 36.5 Å². The molecule has 264 valence electrons. The van der Waals surface area contributed by atoms with Gasteiger partial charge in [0.05, 0.1) is 37.6 Å². The van der Waals surface area contributed by atoms with Crippen molar-refractivity contribution >= 4 is 0 Å². The smallest absolute Gasteiger partial charge is 0.180 e. The van der Waals surface area contributed by atoms with Gasteiger partial charge in [-0.1, -0.05) is 88.4 Å². The predicted molar refractivity (Wildman–Crippen MR) is 185 cm³/mol. The second kappa shape index (κ2) is 25.2. The molecule has 0 fully saturated rings. The van der Waals surface area contributed by atoms with Crippen molar-refractivity contribution in [2.75, 3.05) is 46.2 Å². The summed E-state index contributed by atoms with van der Waals surface area (Å²) in [7, 11) is 0. The number of ether oxygens (including phenoxy) is 5. The minimum absolute atomic E-state index is 0.0164. The zero-order valence-corrected chi connectivity index (χ0v) is 29.7. The lowest BCUT2D eigenvalue weighted by Gasteiger charge is -2.31. The van der Waals surface area contributed by atoms with E-state index in [9.17, 15) is 15.3 Å². The molecule has 2 aromatic carbocycles. The van der Waals surface area contributed by atoms with Crippen LogP contribution in [0.15, 0.2) is 60.7 Å². The number of aliphatic hydroxyl groups is 3. The van der Waals surface area contributed by atoms with E-state index in [0.29, 0.717) is 57.9 Å². The summed E-state index contributed by atoms with van der Waals surface area (Å²) < 4.78 is 28.9. The molecule has 0 heterocycles. The topological polar surface area (TPSA) is 107 Å². The highest BCUT2D eigenvalue weighted by Gasteiger charge is 2.29. The highest BCUT2D eigenvalue weighted by molar-refractivity contribution is 5.16. The molecule has 8 nitrogen and oxygen atoms in total. The van der Waals surface area contributed by atoms with Crippen molar-refractivity contribution in [1.29, 1.82) is 0 Å². The summed E-state index contributed by atoms with van der Waals surface area (Å²) in [6.07, 6.45) is -0.639. The van der Waals surface area contributed by atoms with E-state index >= 15 is 0 Å². The molecule has 6 atom stereocenters. The number of aliphatic hydroxyl groups excluding tert-OH is 3. The van der Waals surface area contributed by atoms with Gasteiger partial charge in [0.1, 0.15) is 0 Å². The first-order valence-electron chi connectivity index (χ1n) is 17.1. The van der Waals surface area contributed by atoms with Gasteiger partial charge in [-0.25, -0.2) is 0 Å². The van der Waals surface area contributed by atoms with E-state index < -0.39 is 12.2 Å². The molecule has 2 aromatic rings. The summed E-state index contributed by atoms with van der Waals surface area (Å²) >= 11 is 0. The molecule has 0 amide bonds. The van der Waals surface area contributed by atoms with E-state index in [-0.39, 0.29) is 36.9 Å². The van der Waals surface area contributed by atoms with Crippen molar-refractivity contribution < 1.29 is 39.0 Å². The van der Waals surface area contributed by atoms with Crippen LogP contribution in [0, 0.1) is 23.7 Å². The van der Waals surface area contributed by atoms with E-state index in [1.54, 1.807) is 13.8 Å². The van der Waals surface area contributed by atoms with Crippen LogP contribution in [0.25, 0.3) is 0 Å². The van der Waals surface area contributed by atoms with Gasteiger partial charge in [-0.3, -0.25) is 0 Å². The maximum Gasteiger partial charge on any atom is 0.180 e. The summed E-state index contributed by atoms with van der Waals surface area (Å²) in [5, 5.41) is 29.8. The maximum atomic E-state index is 10.3. The summed E-state index contributed by atoms with van der Waals surface area (Å²) in [5.74, 6) is 0.776. The number of rotatable bonds is 23. The fraction of sp³-hybridized carbons (Fsp3) is 0.684. The SMILES string of the molecule is CC(C)CO[C@H]([C@H](CO)Cc1ccccc1)[C@H](C)O.CCOC(COC[C@H](Cc1ccccc1)[C@@H](OCC(C)C)[C@H](C)O)OCC. The summed E-state index contributed by atoms with van der Waals surface area (Å²) in [5.41, 5.74) is 2.36. The van der Waals surface area contributed by atoms with Crippen LogP contribution in [0.1, 0.15) is 66.5 Å². The monoisotopic (exact) mass is 648 g/mol. The largest absolute Gasteiger partial charge is 0.396 e. The Labute approximate surface area is 279 Å². The van der Waals surface area contributed by atoms with Crippen LogP contribution in [0.2, 0.25) is 0 Å². The van der Waals surface area contributed by atoms with E-state index in [0.717, 1.165) is 12.0 Å². The lowest BCUT2D eigenvalue weighted by Crippen LogP contribution is -2.39. The van der Waals surface area contributed by atoms with Gasteiger partial charge < -0.3 is 39.0 Å². The Morgan fingerprint density at radius 3 is 1.33 bits per heavy atom. The van der Waals surface area contributed by atoms with Crippen molar-refractivity contribution in [3.63, 3.8) is 0 Å². The van der Waals surface area contributed by atoms with Gasteiger partial charge in [-0.2, -0.15) is 0 Å². The third-order valence-electron chi connectivity index (χ3n) is 7.33. The zero-order valence-electron chi connectivity index (χ0n) is 29.7. The second-order valence-electron chi connectivity index (χ2n) is 12.8. The number of hydrogen-bond donors (Lipinski definition) is 3. The molecule has 0 radical (unpaired) electrons. The fourth-order valence-electron chi connectivity index (χ4n) is 5.17. The normalized spacial score (nSPS) is 15.7. The molecule has 0 bridgehead atoms. The Bertz CT molecular complexity index is 948. The van der Waals surface area contributed by atoms with Crippen LogP contribution in [-0.4, -0.2) is 92.3 Å². The molecular weight excluding hydrogens is 584 g/mol. The van der Waals surface area contributed by atoms with Crippen LogP contribution >= 0.6 is 0 Å². The quantitative estimate of drug-likeness (QED) is 0.127. The molecule has 3 N–H and O–H groups in total. The minimum atomic E-state index is -0.584. The van der Waals surface area contributed by atoms with Crippen LogP contribution in [0.3, 0.4) is 0 Å². The van der Waals surface area contributed by atoms with Gasteiger partial charge in [0.15, 0.2) is 6.29 Å². The molecule has 46 heavy (non-hydrogen) atoms. The van der Waals surface area contributed by atoms with Crippen molar-refractivity contribution in [3.05, 3.63) is 71.8 Å². The van der Waals surface area contributed by atoms with E-state index in [2.05, 4.69) is 39.8 Å². The summed E-state index contributed by atoms with van der Waals surface area (Å²) in [4.78, 5) is 0. The lowest BCUT2D eigenvalue weighted by molar-refractivity contribution is -0.174. The van der Waals surface area contributed by atoms with Gasteiger partial charge in [-0.05, 0) is 63.5 Å². The molecule has 0 unspecified atom stereocenters. The average Bonchev–Trinajstić information content (AvgIpc) is 3.01. The Morgan fingerprint density at radius 2 is 0.957 bits per heavy atom. The van der Waals surface area contributed by atoms with E-state index in [1.807, 2.05) is 62.4 Å². The van der Waals surface area contributed by atoms with Crippen LogP contribution in [0.4, 0.5) is 0 Å². The Hall–Kier alpha value is -1.88. The third-order valence-corrected chi connectivity index (χ3v) is 7.33. The second-order valence-corrected chi connectivity index (χ2v) is 12.8. The Morgan fingerprint density at radius 1 is 0.543 bits per heavy atom.